The minimum absolute atomic E-state index is 0.274. The van der Waals surface area contributed by atoms with Gasteiger partial charge in [0.1, 0.15) is 0 Å². The standard InChI is InChI=1S/C11H8BrClN2O2S/c1-17-10(16)9-5-18-11(15-9)14-8-4-6(12)2-3-7(8)13/h2-5H,1H3,(H,14,15). The van der Waals surface area contributed by atoms with Crippen LogP contribution in [0.15, 0.2) is 28.1 Å². The van der Waals surface area contributed by atoms with Gasteiger partial charge >= 0.3 is 5.97 Å². The Morgan fingerprint density at radius 2 is 2.33 bits per heavy atom. The Hall–Kier alpha value is -1.11. The maximum Gasteiger partial charge on any atom is 0.357 e. The van der Waals surface area contributed by atoms with Gasteiger partial charge in [0, 0.05) is 9.85 Å². The zero-order chi connectivity index (χ0) is 13.1. The third-order valence-corrected chi connectivity index (χ3v) is 3.65. The first-order valence-corrected chi connectivity index (χ1v) is 6.91. The average Bonchev–Trinajstić information content (AvgIpc) is 2.81. The van der Waals surface area contributed by atoms with Crippen molar-refractivity contribution in [3.8, 4) is 0 Å². The molecule has 1 heterocycles. The maximum atomic E-state index is 11.3. The van der Waals surface area contributed by atoms with Crippen LogP contribution >= 0.6 is 38.9 Å². The number of hydrogen-bond acceptors (Lipinski definition) is 5. The molecule has 4 nitrogen and oxygen atoms in total. The van der Waals surface area contributed by atoms with E-state index in [1.54, 1.807) is 11.4 Å². The van der Waals surface area contributed by atoms with Crippen LogP contribution in [0.5, 0.6) is 0 Å². The molecule has 0 atom stereocenters. The van der Waals surface area contributed by atoms with Gasteiger partial charge in [-0.25, -0.2) is 9.78 Å². The van der Waals surface area contributed by atoms with Gasteiger partial charge in [0.2, 0.25) is 0 Å². The molecule has 18 heavy (non-hydrogen) atoms. The SMILES string of the molecule is COC(=O)c1csc(Nc2cc(Br)ccc2Cl)n1. The second-order valence-corrected chi connectivity index (χ2v) is 5.46. The van der Waals surface area contributed by atoms with Crippen LogP contribution in [0.4, 0.5) is 10.8 Å². The summed E-state index contributed by atoms with van der Waals surface area (Å²) >= 11 is 10.7. The Labute approximate surface area is 121 Å². The normalized spacial score (nSPS) is 10.2. The smallest absolute Gasteiger partial charge is 0.357 e. The second-order valence-electron chi connectivity index (χ2n) is 3.28. The summed E-state index contributed by atoms with van der Waals surface area (Å²) in [6.07, 6.45) is 0. The van der Waals surface area contributed by atoms with Crippen LogP contribution in [0.3, 0.4) is 0 Å². The molecule has 0 amide bonds. The number of rotatable bonds is 3. The molecule has 94 valence electrons. The molecule has 7 heteroatoms. The first-order valence-electron chi connectivity index (χ1n) is 4.86. The Kier molecular flexibility index (Phi) is 4.21. The second kappa shape index (κ2) is 5.69. The fourth-order valence-electron chi connectivity index (χ4n) is 1.24. The summed E-state index contributed by atoms with van der Waals surface area (Å²) in [6.45, 7) is 0. The van der Waals surface area contributed by atoms with Gasteiger partial charge in [-0.2, -0.15) is 0 Å². The van der Waals surface area contributed by atoms with Crippen molar-refractivity contribution in [1.82, 2.24) is 4.98 Å². The third kappa shape index (κ3) is 3.01. The van der Waals surface area contributed by atoms with Crippen LogP contribution in [-0.2, 0) is 4.74 Å². The molecule has 0 aliphatic carbocycles. The van der Waals surface area contributed by atoms with Crippen molar-refractivity contribution in [1.29, 1.82) is 0 Å². The number of carbonyl (C=O) groups excluding carboxylic acids is 1. The molecule has 0 unspecified atom stereocenters. The number of esters is 1. The zero-order valence-electron chi connectivity index (χ0n) is 9.24. The third-order valence-electron chi connectivity index (χ3n) is 2.07. The number of thiazole rings is 1. The van der Waals surface area contributed by atoms with E-state index in [9.17, 15) is 4.79 Å². The predicted octanol–water partition coefficient (Wildman–Crippen LogP) is 4.09. The lowest BCUT2D eigenvalue weighted by molar-refractivity contribution is 0.0595. The fourth-order valence-corrected chi connectivity index (χ4v) is 2.46. The van der Waals surface area contributed by atoms with Crippen molar-refractivity contribution in [2.45, 2.75) is 0 Å². The molecule has 0 saturated carbocycles. The molecular weight excluding hydrogens is 340 g/mol. The summed E-state index contributed by atoms with van der Waals surface area (Å²) in [5.74, 6) is -0.459. The van der Waals surface area contributed by atoms with Gasteiger partial charge in [0.15, 0.2) is 10.8 Å². The summed E-state index contributed by atoms with van der Waals surface area (Å²) in [7, 11) is 1.32. The van der Waals surface area contributed by atoms with E-state index in [1.807, 2.05) is 12.1 Å². The monoisotopic (exact) mass is 346 g/mol. The van der Waals surface area contributed by atoms with Crippen LogP contribution in [0, 0.1) is 0 Å². The number of anilines is 2. The van der Waals surface area contributed by atoms with E-state index in [4.69, 9.17) is 11.6 Å². The molecule has 1 aromatic heterocycles. The number of nitrogens with zero attached hydrogens (tertiary/aromatic N) is 1. The van der Waals surface area contributed by atoms with Gasteiger partial charge in [-0.05, 0) is 18.2 Å². The molecule has 0 bridgehead atoms. The van der Waals surface area contributed by atoms with Crippen LogP contribution in [0.25, 0.3) is 0 Å². The molecule has 1 N–H and O–H groups in total. The number of nitrogens with one attached hydrogen (secondary N) is 1. The van der Waals surface area contributed by atoms with Gasteiger partial charge < -0.3 is 10.1 Å². The van der Waals surface area contributed by atoms with E-state index >= 15 is 0 Å². The quantitative estimate of drug-likeness (QED) is 0.850. The van der Waals surface area contributed by atoms with E-state index in [0.717, 1.165) is 10.2 Å². The van der Waals surface area contributed by atoms with Crippen molar-refractivity contribution >= 4 is 55.7 Å². The van der Waals surface area contributed by atoms with Gasteiger partial charge in [0.25, 0.3) is 0 Å². The fraction of sp³-hybridized carbons (Fsp3) is 0.0909. The summed E-state index contributed by atoms with van der Waals surface area (Å²) in [4.78, 5) is 15.4. The largest absolute Gasteiger partial charge is 0.464 e. The summed E-state index contributed by atoms with van der Waals surface area (Å²) in [6, 6.07) is 5.44. The lowest BCUT2D eigenvalue weighted by atomic mass is 10.3. The van der Waals surface area contributed by atoms with Gasteiger partial charge in [-0.15, -0.1) is 11.3 Å². The Morgan fingerprint density at radius 1 is 1.56 bits per heavy atom. The number of hydrogen-bond donors (Lipinski definition) is 1. The molecule has 0 spiro atoms. The van der Waals surface area contributed by atoms with Crippen LogP contribution in [0.1, 0.15) is 10.5 Å². The van der Waals surface area contributed by atoms with Gasteiger partial charge in [0.05, 0.1) is 17.8 Å². The Bertz CT molecular complexity index is 588. The van der Waals surface area contributed by atoms with Gasteiger partial charge in [-0.3, -0.25) is 0 Å². The lowest BCUT2D eigenvalue weighted by Crippen LogP contribution is -2.01. The lowest BCUT2D eigenvalue weighted by Gasteiger charge is -2.05. The van der Waals surface area contributed by atoms with Crippen molar-refractivity contribution in [3.05, 3.63) is 38.8 Å². The Morgan fingerprint density at radius 3 is 3.06 bits per heavy atom. The summed E-state index contributed by atoms with van der Waals surface area (Å²) in [5.41, 5.74) is 0.993. The number of carbonyl (C=O) groups is 1. The van der Waals surface area contributed by atoms with Crippen LogP contribution in [0.2, 0.25) is 5.02 Å². The zero-order valence-corrected chi connectivity index (χ0v) is 12.4. The molecule has 0 saturated heterocycles. The van der Waals surface area contributed by atoms with Crippen molar-refractivity contribution in [2.75, 3.05) is 12.4 Å². The molecule has 0 aliphatic heterocycles. The van der Waals surface area contributed by atoms with Crippen molar-refractivity contribution in [2.24, 2.45) is 0 Å². The molecule has 2 aromatic rings. The number of methoxy groups -OCH3 is 1. The molecule has 2 rings (SSSR count). The topological polar surface area (TPSA) is 51.2 Å². The van der Waals surface area contributed by atoms with E-state index in [2.05, 4.69) is 31.0 Å². The van der Waals surface area contributed by atoms with Crippen LogP contribution in [-0.4, -0.2) is 18.1 Å². The summed E-state index contributed by atoms with van der Waals surface area (Å²) in [5, 5.41) is 5.83. The Balaban J connectivity index is 2.21. The van der Waals surface area contributed by atoms with Gasteiger partial charge in [-0.1, -0.05) is 27.5 Å². The first-order chi connectivity index (χ1) is 8.60. The van der Waals surface area contributed by atoms with Crippen molar-refractivity contribution in [3.63, 3.8) is 0 Å². The number of benzene rings is 1. The van der Waals surface area contributed by atoms with Crippen molar-refractivity contribution < 1.29 is 9.53 Å². The van der Waals surface area contributed by atoms with E-state index in [0.29, 0.717) is 10.2 Å². The van der Waals surface area contributed by atoms with E-state index < -0.39 is 5.97 Å². The number of halogens is 2. The van der Waals surface area contributed by atoms with E-state index in [1.165, 1.54) is 18.4 Å². The van der Waals surface area contributed by atoms with Crippen LogP contribution < -0.4 is 5.32 Å². The molecule has 1 aromatic carbocycles. The molecule has 0 aliphatic rings. The number of aromatic nitrogens is 1. The predicted molar refractivity (Wildman–Crippen MR) is 75.9 cm³/mol. The first kappa shape index (κ1) is 13.3. The highest BCUT2D eigenvalue weighted by molar-refractivity contribution is 9.10. The highest BCUT2D eigenvalue weighted by Gasteiger charge is 2.11. The average molecular weight is 348 g/mol. The van der Waals surface area contributed by atoms with E-state index in [-0.39, 0.29) is 5.69 Å². The number of ether oxygens (including phenoxy) is 1. The molecule has 0 radical (unpaired) electrons. The maximum absolute atomic E-state index is 11.3. The molecule has 0 fully saturated rings. The highest BCUT2D eigenvalue weighted by atomic mass is 79.9. The minimum Gasteiger partial charge on any atom is -0.464 e. The molecular formula is C11H8BrClN2O2S. The summed E-state index contributed by atoms with van der Waals surface area (Å²) < 4.78 is 5.49. The minimum atomic E-state index is -0.459. The highest BCUT2D eigenvalue weighted by Crippen LogP contribution is 2.29.